The van der Waals surface area contributed by atoms with Crippen LogP contribution in [0.1, 0.15) is 44.8 Å². The van der Waals surface area contributed by atoms with Gasteiger partial charge >= 0.3 is 0 Å². The van der Waals surface area contributed by atoms with Crippen molar-refractivity contribution >= 4 is 17.6 Å². The highest BCUT2D eigenvalue weighted by atomic mass is 16.5. The van der Waals surface area contributed by atoms with E-state index in [0.29, 0.717) is 0 Å². The Bertz CT molecular complexity index is 856. The topological polar surface area (TPSA) is 36.9 Å². The largest absolute Gasteiger partial charge is 0.453 e. The minimum absolute atomic E-state index is 0.0159. The summed E-state index contributed by atoms with van der Waals surface area (Å²) in [6, 6.07) is 14.3. The molecule has 2 aromatic rings. The normalized spacial score (nSPS) is 17.7. The zero-order chi connectivity index (χ0) is 17.9. The number of rotatable bonds is 5. The predicted octanol–water partition coefficient (Wildman–Crippen LogP) is 6.01. The summed E-state index contributed by atoms with van der Waals surface area (Å²) >= 11 is 0. The fraction of sp³-hybridized carbons (Fsp3) is 0.318. The lowest BCUT2D eigenvalue weighted by Gasteiger charge is -2.37. The number of hydrogen-bond acceptors (Lipinski definition) is 4. The third kappa shape index (κ3) is 2.96. The van der Waals surface area contributed by atoms with Gasteiger partial charge in [0.15, 0.2) is 11.5 Å². The van der Waals surface area contributed by atoms with Crippen molar-refractivity contribution in [1.29, 1.82) is 0 Å². The molecule has 1 unspecified atom stereocenters. The van der Waals surface area contributed by atoms with Crippen LogP contribution in [0.25, 0.3) is 0 Å². The molecule has 0 aromatic heterocycles. The molecule has 0 saturated carbocycles. The van der Waals surface area contributed by atoms with E-state index in [9.17, 15) is 0 Å². The van der Waals surface area contributed by atoms with Crippen LogP contribution in [0.15, 0.2) is 59.2 Å². The van der Waals surface area contributed by atoms with Gasteiger partial charge in [0, 0.05) is 24.0 Å². The smallest absolute Gasteiger partial charge is 0.151 e. The van der Waals surface area contributed by atoms with Crippen LogP contribution in [0.5, 0.6) is 11.5 Å². The summed E-state index contributed by atoms with van der Waals surface area (Å²) in [5, 5.41) is 3.57. The van der Waals surface area contributed by atoms with E-state index in [1.165, 1.54) is 5.70 Å². The van der Waals surface area contributed by atoms with Gasteiger partial charge in [-0.1, -0.05) is 44.5 Å². The Balaban J connectivity index is 1.73. The zero-order valence-corrected chi connectivity index (χ0v) is 15.4. The van der Waals surface area contributed by atoms with Crippen LogP contribution in [0.4, 0.5) is 11.4 Å². The van der Waals surface area contributed by atoms with Crippen molar-refractivity contribution in [3.05, 3.63) is 59.8 Å². The quantitative estimate of drug-likeness (QED) is 0.613. The van der Waals surface area contributed by atoms with Crippen LogP contribution < -0.4 is 10.1 Å². The number of aliphatic imine (C=N–C) groups is 1. The Morgan fingerprint density at radius 1 is 1.04 bits per heavy atom. The highest BCUT2D eigenvalue weighted by molar-refractivity contribution is 5.79. The first-order valence-electron chi connectivity index (χ1n) is 9.47. The molecule has 1 N–H and O–H groups in total. The van der Waals surface area contributed by atoms with Crippen LogP contribution in [-0.4, -0.2) is 17.7 Å². The summed E-state index contributed by atoms with van der Waals surface area (Å²) in [7, 11) is 0. The number of allylic oxidation sites excluding steroid dienone is 2. The number of nitrogens with one attached hydrogen (secondary N) is 1. The van der Waals surface area contributed by atoms with Crippen LogP contribution in [0.2, 0.25) is 0 Å². The van der Waals surface area contributed by atoms with Crippen molar-refractivity contribution in [2.45, 2.75) is 39.3 Å². The van der Waals surface area contributed by atoms with Gasteiger partial charge in [-0.25, -0.2) is 0 Å². The molecule has 26 heavy (non-hydrogen) atoms. The van der Waals surface area contributed by atoms with Gasteiger partial charge in [-0.2, -0.15) is 0 Å². The predicted molar refractivity (Wildman–Crippen MR) is 107 cm³/mol. The fourth-order valence-electron chi connectivity index (χ4n) is 3.68. The van der Waals surface area contributed by atoms with Crippen molar-refractivity contribution in [2.75, 3.05) is 11.9 Å². The third-order valence-corrected chi connectivity index (χ3v) is 4.83. The molecule has 1 atom stereocenters. The molecular formula is C22H25N3O. The fourth-order valence-corrected chi connectivity index (χ4v) is 3.68. The Labute approximate surface area is 155 Å². The molecule has 4 rings (SSSR count). The van der Waals surface area contributed by atoms with E-state index in [0.717, 1.165) is 54.2 Å². The van der Waals surface area contributed by atoms with Gasteiger partial charge in [0.05, 0.1) is 11.4 Å². The molecule has 0 spiro atoms. The van der Waals surface area contributed by atoms with Crippen molar-refractivity contribution in [1.82, 2.24) is 4.90 Å². The van der Waals surface area contributed by atoms with Crippen LogP contribution in [0, 0.1) is 0 Å². The van der Waals surface area contributed by atoms with Gasteiger partial charge in [0.2, 0.25) is 0 Å². The van der Waals surface area contributed by atoms with Crippen molar-refractivity contribution in [3.8, 4) is 11.5 Å². The third-order valence-electron chi connectivity index (χ3n) is 4.83. The molecule has 134 valence electrons. The molecule has 0 bridgehead atoms. The van der Waals surface area contributed by atoms with E-state index >= 15 is 0 Å². The van der Waals surface area contributed by atoms with Crippen molar-refractivity contribution < 1.29 is 4.74 Å². The second-order valence-electron chi connectivity index (χ2n) is 6.72. The summed E-state index contributed by atoms with van der Waals surface area (Å²) in [6.45, 7) is 5.44. The summed E-state index contributed by atoms with van der Waals surface area (Å²) in [5.74, 6) is 1.72. The summed E-state index contributed by atoms with van der Waals surface area (Å²) in [6.07, 6.45) is 7.40. The number of hydrogen-bond donors (Lipinski definition) is 1. The highest BCUT2D eigenvalue weighted by Gasteiger charge is 2.28. The molecule has 2 aliphatic heterocycles. The molecule has 0 radical (unpaired) electrons. The van der Waals surface area contributed by atoms with Crippen molar-refractivity contribution in [2.24, 2.45) is 4.99 Å². The first kappa shape index (κ1) is 16.7. The Morgan fingerprint density at radius 2 is 1.88 bits per heavy atom. The number of ether oxygens (including phenoxy) is 1. The zero-order valence-electron chi connectivity index (χ0n) is 15.4. The first-order chi connectivity index (χ1) is 12.8. The second kappa shape index (κ2) is 7.24. The SMILES string of the molecule is CCCC1=CC=NC(c2cccc3c2Nc2ccccc2O3)N1CCC. The summed E-state index contributed by atoms with van der Waals surface area (Å²) in [5.41, 5.74) is 4.54. The Hall–Kier alpha value is -2.75. The van der Waals surface area contributed by atoms with Crippen molar-refractivity contribution in [3.63, 3.8) is 0 Å². The van der Waals surface area contributed by atoms with E-state index in [4.69, 9.17) is 9.73 Å². The van der Waals surface area contributed by atoms with E-state index in [1.807, 2.05) is 36.5 Å². The van der Waals surface area contributed by atoms with Gasteiger partial charge < -0.3 is 15.0 Å². The second-order valence-corrected chi connectivity index (χ2v) is 6.72. The molecule has 4 nitrogen and oxygen atoms in total. The van der Waals surface area contributed by atoms with Gasteiger partial charge in [-0.15, -0.1) is 0 Å². The van der Waals surface area contributed by atoms with E-state index in [2.05, 4.69) is 42.3 Å². The molecule has 0 amide bonds. The molecule has 0 fully saturated rings. The lowest BCUT2D eigenvalue weighted by atomic mass is 10.0. The van der Waals surface area contributed by atoms with E-state index < -0.39 is 0 Å². The average molecular weight is 347 g/mol. The minimum atomic E-state index is -0.0159. The molecular weight excluding hydrogens is 322 g/mol. The number of benzene rings is 2. The van der Waals surface area contributed by atoms with E-state index in [1.54, 1.807) is 0 Å². The van der Waals surface area contributed by atoms with Crippen LogP contribution >= 0.6 is 0 Å². The molecule has 2 heterocycles. The maximum absolute atomic E-state index is 6.13. The Kier molecular flexibility index (Phi) is 4.65. The number of anilines is 2. The standard InChI is InChI=1S/C22H25N3O/c1-3-8-16-13-14-23-22(25(16)15-4-2)17-9-7-12-20-21(17)24-18-10-5-6-11-19(18)26-20/h5-7,9-14,22,24H,3-4,8,15H2,1-2H3. The summed E-state index contributed by atoms with van der Waals surface area (Å²) < 4.78 is 6.13. The summed E-state index contributed by atoms with van der Waals surface area (Å²) in [4.78, 5) is 7.26. The minimum Gasteiger partial charge on any atom is -0.453 e. The van der Waals surface area contributed by atoms with Gasteiger partial charge in [0.1, 0.15) is 6.17 Å². The van der Waals surface area contributed by atoms with Gasteiger partial charge in [-0.3, -0.25) is 4.99 Å². The molecule has 4 heteroatoms. The first-order valence-corrected chi connectivity index (χ1v) is 9.47. The Morgan fingerprint density at radius 3 is 2.73 bits per heavy atom. The highest BCUT2D eigenvalue weighted by Crippen LogP contribution is 2.46. The van der Waals surface area contributed by atoms with Gasteiger partial charge in [-0.05, 0) is 37.1 Å². The number of para-hydroxylation sites is 3. The monoisotopic (exact) mass is 347 g/mol. The lowest BCUT2D eigenvalue weighted by Crippen LogP contribution is -2.31. The maximum Gasteiger partial charge on any atom is 0.151 e. The lowest BCUT2D eigenvalue weighted by molar-refractivity contribution is 0.250. The maximum atomic E-state index is 6.13. The van der Waals surface area contributed by atoms with Gasteiger partial charge in [0.25, 0.3) is 0 Å². The van der Waals surface area contributed by atoms with Crippen LogP contribution in [-0.2, 0) is 0 Å². The number of fused-ring (bicyclic) bond motifs is 2. The number of nitrogens with zero attached hydrogens (tertiary/aromatic N) is 2. The van der Waals surface area contributed by atoms with E-state index in [-0.39, 0.29) is 6.17 Å². The molecule has 0 aliphatic carbocycles. The average Bonchev–Trinajstić information content (AvgIpc) is 2.67. The van der Waals surface area contributed by atoms with Crippen LogP contribution in [0.3, 0.4) is 0 Å². The molecule has 0 saturated heterocycles. The molecule has 2 aromatic carbocycles. The molecule has 2 aliphatic rings.